The molecule has 0 aliphatic rings. The second kappa shape index (κ2) is 9.00. The zero-order valence-corrected chi connectivity index (χ0v) is 15.8. The van der Waals surface area contributed by atoms with Gasteiger partial charge in [-0.25, -0.2) is 4.79 Å². The largest absolute Gasteiger partial charge is 0.514 e. The predicted molar refractivity (Wildman–Crippen MR) is 106 cm³/mol. The van der Waals surface area contributed by atoms with Gasteiger partial charge in [0.15, 0.2) is 5.75 Å². The summed E-state index contributed by atoms with van der Waals surface area (Å²) >= 11 is 3.35. The first kappa shape index (κ1) is 18.7. The second-order valence-corrected chi connectivity index (χ2v) is 6.50. The van der Waals surface area contributed by atoms with Crippen molar-refractivity contribution < 1.29 is 19.1 Å². The molecule has 0 saturated heterocycles. The zero-order valence-electron chi connectivity index (χ0n) is 14.2. The van der Waals surface area contributed by atoms with E-state index in [2.05, 4.69) is 21.2 Å². The highest BCUT2D eigenvalue weighted by molar-refractivity contribution is 9.10. The lowest BCUT2D eigenvalue weighted by Gasteiger charge is -2.12. The number of benzene rings is 3. The van der Waals surface area contributed by atoms with Crippen LogP contribution in [0.2, 0.25) is 0 Å². The van der Waals surface area contributed by atoms with Crippen molar-refractivity contribution in [3.63, 3.8) is 0 Å². The monoisotopic (exact) mass is 425 g/mol. The quantitative estimate of drug-likeness (QED) is 0.437. The molecular formula is C21H16BrNO4. The molecule has 0 unspecified atom stereocenters. The van der Waals surface area contributed by atoms with Crippen LogP contribution in [-0.2, 0) is 11.3 Å². The van der Waals surface area contributed by atoms with Crippen molar-refractivity contribution in [3.05, 3.63) is 94.5 Å². The molecule has 0 aliphatic heterocycles. The number of carbonyl (C=O) groups is 2. The summed E-state index contributed by atoms with van der Waals surface area (Å²) in [6.07, 6.45) is -0.851. The van der Waals surface area contributed by atoms with Crippen molar-refractivity contribution >= 4 is 33.7 Å². The molecule has 0 radical (unpaired) electrons. The van der Waals surface area contributed by atoms with Crippen LogP contribution in [0.15, 0.2) is 83.3 Å². The van der Waals surface area contributed by atoms with Crippen molar-refractivity contribution in [3.8, 4) is 5.75 Å². The molecule has 0 atom stereocenters. The summed E-state index contributed by atoms with van der Waals surface area (Å²) in [5.74, 6) is -0.114. The van der Waals surface area contributed by atoms with Gasteiger partial charge in [-0.3, -0.25) is 4.79 Å². The molecule has 0 aromatic heterocycles. The Balaban J connectivity index is 1.68. The smallest absolute Gasteiger partial charge is 0.429 e. The van der Waals surface area contributed by atoms with Crippen LogP contribution in [0.1, 0.15) is 15.9 Å². The van der Waals surface area contributed by atoms with Gasteiger partial charge in [0.05, 0.1) is 5.69 Å². The van der Waals surface area contributed by atoms with Crippen LogP contribution in [0.3, 0.4) is 0 Å². The van der Waals surface area contributed by atoms with Gasteiger partial charge in [-0.1, -0.05) is 64.5 Å². The third kappa shape index (κ3) is 5.43. The summed E-state index contributed by atoms with van der Waals surface area (Å²) in [6.45, 7) is 0.0991. The Morgan fingerprint density at radius 2 is 1.56 bits per heavy atom. The van der Waals surface area contributed by atoms with Gasteiger partial charge < -0.3 is 14.8 Å². The van der Waals surface area contributed by atoms with Crippen LogP contribution < -0.4 is 10.1 Å². The normalized spacial score (nSPS) is 10.1. The van der Waals surface area contributed by atoms with E-state index in [1.807, 2.05) is 36.4 Å². The molecule has 3 aromatic carbocycles. The first-order valence-electron chi connectivity index (χ1n) is 8.16. The van der Waals surface area contributed by atoms with Crippen molar-refractivity contribution in [2.75, 3.05) is 5.32 Å². The third-order valence-electron chi connectivity index (χ3n) is 3.62. The van der Waals surface area contributed by atoms with Gasteiger partial charge >= 0.3 is 6.16 Å². The summed E-state index contributed by atoms with van der Waals surface area (Å²) in [4.78, 5) is 24.4. The summed E-state index contributed by atoms with van der Waals surface area (Å²) in [7, 11) is 0. The molecule has 3 aromatic rings. The molecule has 0 bridgehead atoms. The van der Waals surface area contributed by atoms with Crippen molar-refractivity contribution in [2.45, 2.75) is 6.61 Å². The number of halogens is 1. The van der Waals surface area contributed by atoms with Gasteiger partial charge in [-0.2, -0.15) is 0 Å². The molecule has 3 rings (SSSR count). The average molecular weight is 426 g/mol. The minimum absolute atomic E-state index is 0.0991. The lowest BCUT2D eigenvalue weighted by Crippen LogP contribution is -2.15. The fourth-order valence-electron chi connectivity index (χ4n) is 2.31. The maximum absolute atomic E-state index is 12.4. The van der Waals surface area contributed by atoms with Gasteiger partial charge in [-0.15, -0.1) is 0 Å². The van der Waals surface area contributed by atoms with Crippen molar-refractivity contribution in [1.82, 2.24) is 0 Å². The molecule has 0 heterocycles. The lowest BCUT2D eigenvalue weighted by atomic mass is 10.2. The number of nitrogens with one attached hydrogen (secondary N) is 1. The molecule has 0 aliphatic carbocycles. The summed E-state index contributed by atoms with van der Waals surface area (Å²) in [6, 6.07) is 23.0. The molecule has 0 spiro atoms. The highest BCUT2D eigenvalue weighted by atomic mass is 79.9. The standard InChI is InChI=1S/C21H16BrNO4/c22-17-11-12-19(27-21(25)26-14-15-7-3-1-4-8-15)18(13-17)23-20(24)16-9-5-2-6-10-16/h1-13H,14H2,(H,23,24). The number of hydrogen-bond donors (Lipinski definition) is 1. The number of anilines is 1. The Hall–Kier alpha value is -3.12. The lowest BCUT2D eigenvalue weighted by molar-refractivity contribution is 0.0924. The van der Waals surface area contributed by atoms with Crippen LogP contribution in [-0.4, -0.2) is 12.1 Å². The van der Waals surface area contributed by atoms with Gasteiger partial charge in [0, 0.05) is 10.0 Å². The van der Waals surface area contributed by atoms with Gasteiger partial charge in [0.1, 0.15) is 6.61 Å². The van der Waals surface area contributed by atoms with Gasteiger partial charge in [0.25, 0.3) is 5.91 Å². The molecule has 1 N–H and O–H groups in total. The third-order valence-corrected chi connectivity index (χ3v) is 4.11. The minimum atomic E-state index is -0.851. The zero-order chi connectivity index (χ0) is 19.1. The van der Waals surface area contributed by atoms with Gasteiger partial charge in [-0.05, 0) is 35.9 Å². The predicted octanol–water partition coefficient (Wildman–Crippen LogP) is 5.42. The molecule has 27 heavy (non-hydrogen) atoms. The van der Waals surface area contributed by atoms with E-state index in [0.29, 0.717) is 11.3 Å². The maximum atomic E-state index is 12.4. The number of rotatable bonds is 5. The number of ether oxygens (including phenoxy) is 2. The van der Waals surface area contributed by atoms with E-state index < -0.39 is 6.16 Å². The number of hydrogen-bond acceptors (Lipinski definition) is 4. The van der Waals surface area contributed by atoms with Crippen LogP contribution in [0.25, 0.3) is 0 Å². The fourth-order valence-corrected chi connectivity index (χ4v) is 2.67. The highest BCUT2D eigenvalue weighted by Gasteiger charge is 2.14. The van der Waals surface area contributed by atoms with E-state index in [9.17, 15) is 9.59 Å². The van der Waals surface area contributed by atoms with E-state index in [-0.39, 0.29) is 18.3 Å². The van der Waals surface area contributed by atoms with Crippen LogP contribution in [0.4, 0.5) is 10.5 Å². The Labute approximate surface area is 165 Å². The summed E-state index contributed by atoms with van der Waals surface area (Å²) in [5.41, 5.74) is 1.70. The highest BCUT2D eigenvalue weighted by Crippen LogP contribution is 2.29. The fraction of sp³-hybridized carbons (Fsp3) is 0.0476. The molecule has 0 fully saturated rings. The topological polar surface area (TPSA) is 64.6 Å². The Morgan fingerprint density at radius 3 is 2.26 bits per heavy atom. The summed E-state index contributed by atoms with van der Waals surface area (Å²) in [5, 5.41) is 2.75. The molecule has 6 heteroatoms. The van der Waals surface area contributed by atoms with Crippen LogP contribution in [0.5, 0.6) is 5.75 Å². The average Bonchev–Trinajstić information content (AvgIpc) is 2.70. The molecule has 0 saturated carbocycles. The number of carbonyl (C=O) groups excluding carboxylic acids is 2. The Kier molecular flexibility index (Phi) is 6.22. The minimum Gasteiger partial charge on any atom is -0.429 e. The van der Waals surface area contributed by atoms with E-state index in [1.165, 1.54) is 0 Å². The summed E-state index contributed by atoms with van der Waals surface area (Å²) < 4.78 is 11.1. The second-order valence-electron chi connectivity index (χ2n) is 5.59. The van der Waals surface area contributed by atoms with Crippen LogP contribution >= 0.6 is 15.9 Å². The molecule has 136 valence electrons. The van der Waals surface area contributed by atoms with E-state index >= 15 is 0 Å². The molecule has 5 nitrogen and oxygen atoms in total. The number of amides is 1. The van der Waals surface area contributed by atoms with Crippen molar-refractivity contribution in [2.24, 2.45) is 0 Å². The van der Waals surface area contributed by atoms with E-state index in [0.717, 1.165) is 10.0 Å². The van der Waals surface area contributed by atoms with E-state index in [1.54, 1.807) is 42.5 Å². The first-order valence-corrected chi connectivity index (χ1v) is 8.95. The Bertz CT molecular complexity index is 929. The first-order chi connectivity index (χ1) is 13.1. The maximum Gasteiger partial charge on any atom is 0.514 e. The van der Waals surface area contributed by atoms with E-state index in [4.69, 9.17) is 9.47 Å². The van der Waals surface area contributed by atoms with Crippen molar-refractivity contribution in [1.29, 1.82) is 0 Å². The molecule has 1 amide bonds. The SMILES string of the molecule is O=C(OCc1ccccc1)Oc1ccc(Br)cc1NC(=O)c1ccccc1. The van der Waals surface area contributed by atoms with Gasteiger partial charge in [0.2, 0.25) is 0 Å². The Morgan fingerprint density at radius 1 is 0.889 bits per heavy atom. The molecular weight excluding hydrogens is 410 g/mol. The van der Waals surface area contributed by atoms with Crippen LogP contribution in [0, 0.1) is 0 Å².